The van der Waals surface area contributed by atoms with Gasteiger partial charge in [-0.25, -0.2) is 4.39 Å². The lowest BCUT2D eigenvalue weighted by Gasteiger charge is -2.13. The molecular formula is C17H19FN2. The van der Waals surface area contributed by atoms with E-state index in [1.54, 1.807) is 12.1 Å². The van der Waals surface area contributed by atoms with Crippen LogP contribution in [0.4, 0.5) is 15.8 Å². The average molecular weight is 270 g/mol. The van der Waals surface area contributed by atoms with E-state index >= 15 is 0 Å². The van der Waals surface area contributed by atoms with Gasteiger partial charge in [0.15, 0.2) is 0 Å². The number of hydrogen-bond donors (Lipinski definition) is 1. The maximum Gasteiger partial charge on any atom is 0.125 e. The summed E-state index contributed by atoms with van der Waals surface area (Å²) in [6.45, 7) is 3.80. The van der Waals surface area contributed by atoms with Gasteiger partial charge in [-0.3, -0.25) is 0 Å². The first-order valence-electron chi connectivity index (χ1n) is 6.96. The molecule has 0 bridgehead atoms. The number of nitrogens with one attached hydrogen (secondary N) is 1. The van der Waals surface area contributed by atoms with E-state index in [2.05, 4.69) is 35.5 Å². The molecule has 3 rings (SSSR count). The first kappa shape index (κ1) is 13.0. The smallest absolute Gasteiger partial charge is 0.125 e. The molecule has 104 valence electrons. The fourth-order valence-electron chi connectivity index (χ4n) is 2.71. The second kappa shape index (κ2) is 5.16. The predicted octanol–water partition coefficient (Wildman–Crippen LogP) is 3.74. The minimum Gasteiger partial charge on any atom is -0.381 e. The van der Waals surface area contributed by atoms with E-state index in [9.17, 15) is 4.39 Å². The molecule has 2 nitrogen and oxygen atoms in total. The number of aryl methyl sites for hydroxylation is 1. The molecule has 3 heteroatoms. The van der Waals surface area contributed by atoms with Crippen LogP contribution in [0.3, 0.4) is 0 Å². The van der Waals surface area contributed by atoms with Crippen molar-refractivity contribution in [3.8, 4) is 0 Å². The summed E-state index contributed by atoms with van der Waals surface area (Å²) in [6.07, 6.45) is 1.11. The molecule has 1 N–H and O–H groups in total. The molecule has 20 heavy (non-hydrogen) atoms. The number of anilines is 2. The Labute approximate surface area is 119 Å². The number of hydrogen-bond acceptors (Lipinski definition) is 2. The standard InChI is InChI=1S/C17H19FN2/c1-12-3-5-15(18)10-16(12)19-11-13-4-6-17-14(9-13)7-8-20(17)2/h3-6,9-10,19H,7-8,11H2,1-2H3. The molecule has 0 fully saturated rings. The van der Waals surface area contributed by atoms with Gasteiger partial charge in [-0.15, -0.1) is 0 Å². The largest absolute Gasteiger partial charge is 0.381 e. The van der Waals surface area contributed by atoms with Gasteiger partial charge in [0, 0.05) is 31.5 Å². The maximum absolute atomic E-state index is 13.3. The maximum atomic E-state index is 13.3. The molecule has 1 aliphatic heterocycles. The zero-order chi connectivity index (χ0) is 14.1. The van der Waals surface area contributed by atoms with E-state index in [-0.39, 0.29) is 5.82 Å². The molecule has 2 aromatic rings. The summed E-state index contributed by atoms with van der Waals surface area (Å²) in [4.78, 5) is 2.28. The zero-order valence-corrected chi connectivity index (χ0v) is 11.9. The highest BCUT2D eigenvalue weighted by Gasteiger charge is 2.15. The van der Waals surface area contributed by atoms with Crippen molar-refractivity contribution in [2.24, 2.45) is 0 Å². The second-order valence-corrected chi connectivity index (χ2v) is 5.45. The van der Waals surface area contributed by atoms with E-state index in [4.69, 9.17) is 0 Å². The number of halogens is 1. The molecule has 0 radical (unpaired) electrons. The Balaban J connectivity index is 1.74. The summed E-state index contributed by atoms with van der Waals surface area (Å²) in [5.74, 6) is -0.200. The van der Waals surface area contributed by atoms with Gasteiger partial charge in [0.05, 0.1) is 0 Å². The average Bonchev–Trinajstić information content (AvgIpc) is 2.81. The van der Waals surface area contributed by atoms with Gasteiger partial charge in [0.2, 0.25) is 0 Å². The molecule has 1 aliphatic rings. The van der Waals surface area contributed by atoms with Crippen molar-refractivity contribution in [1.82, 2.24) is 0 Å². The molecule has 0 saturated heterocycles. The third kappa shape index (κ3) is 2.48. The van der Waals surface area contributed by atoms with Gasteiger partial charge in [-0.1, -0.05) is 18.2 Å². The fraction of sp³-hybridized carbons (Fsp3) is 0.294. The van der Waals surface area contributed by atoms with Gasteiger partial charge in [-0.05, 0) is 48.2 Å². The van der Waals surface area contributed by atoms with Crippen LogP contribution >= 0.6 is 0 Å². The van der Waals surface area contributed by atoms with Crippen LogP contribution in [0.15, 0.2) is 36.4 Å². The fourth-order valence-corrected chi connectivity index (χ4v) is 2.71. The molecule has 0 aromatic heterocycles. The first-order valence-corrected chi connectivity index (χ1v) is 6.96. The third-order valence-corrected chi connectivity index (χ3v) is 3.95. The molecule has 0 spiro atoms. The second-order valence-electron chi connectivity index (χ2n) is 5.45. The molecule has 0 atom stereocenters. The van der Waals surface area contributed by atoms with Crippen molar-refractivity contribution in [2.45, 2.75) is 19.9 Å². The van der Waals surface area contributed by atoms with Gasteiger partial charge in [0.25, 0.3) is 0 Å². The minimum atomic E-state index is -0.200. The number of nitrogens with zero attached hydrogens (tertiary/aromatic N) is 1. The van der Waals surface area contributed by atoms with Crippen molar-refractivity contribution >= 4 is 11.4 Å². The quantitative estimate of drug-likeness (QED) is 0.914. The van der Waals surface area contributed by atoms with Crippen LogP contribution in [0, 0.1) is 12.7 Å². The SMILES string of the molecule is Cc1ccc(F)cc1NCc1ccc2c(c1)CCN2C. The van der Waals surface area contributed by atoms with Crippen LogP contribution < -0.4 is 10.2 Å². The van der Waals surface area contributed by atoms with Crippen molar-refractivity contribution < 1.29 is 4.39 Å². The van der Waals surface area contributed by atoms with E-state index in [1.807, 2.05) is 6.92 Å². The van der Waals surface area contributed by atoms with E-state index in [1.165, 1.54) is 22.9 Å². The summed E-state index contributed by atoms with van der Waals surface area (Å²) < 4.78 is 13.3. The van der Waals surface area contributed by atoms with E-state index in [0.29, 0.717) is 0 Å². The van der Waals surface area contributed by atoms with Crippen LogP contribution in [0.5, 0.6) is 0 Å². The van der Waals surface area contributed by atoms with Crippen LogP contribution in [0.25, 0.3) is 0 Å². The Bertz CT molecular complexity index is 637. The molecule has 2 aromatic carbocycles. The molecule has 0 saturated carbocycles. The van der Waals surface area contributed by atoms with Crippen molar-refractivity contribution in [3.63, 3.8) is 0 Å². The van der Waals surface area contributed by atoms with Crippen molar-refractivity contribution in [2.75, 3.05) is 23.8 Å². The Hall–Kier alpha value is -2.03. The van der Waals surface area contributed by atoms with Gasteiger partial charge in [-0.2, -0.15) is 0 Å². The summed E-state index contributed by atoms with van der Waals surface area (Å²) in [5, 5.41) is 3.32. The lowest BCUT2D eigenvalue weighted by Crippen LogP contribution is -2.12. The van der Waals surface area contributed by atoms with Gasteiger partial charge < -0.3 is 10.2 Å². The van der Waals surface area contributed by atoms with E-state index < -0.39 is 0 Å². The Kier molecular flexibility index (Phi) is 3.35. The summed E-state index contributed by atoms with van der Waals surface area (Å²) in [6, 6.07) is 11.4. The lowest BCUT2D eigenvalue weighted by atomic mass is 10.1. The zero-order valence-electron chi connectivity index (χ0n) is 11.9. The number of fused-ring (bicyclic) bond motifs is 1. The molecule has 0 aliphatic carbocycles. The molecule has 0 unspecified atom stereocenters. The summed E-state index contributed by atoms with van der Waals surface area (Å²) in [5.41, 5.74) is 5.90. The highest BCUT2D eigenvalue weighted by atomic mass is 19.1. The van der Waals surface area contributed by atoms with E-state index in [0.717, 1.165) is 30.8 Å². The number of benzene rings is 2. The topological polar surface area (TPSA) is 15.3 Å². The Morgan fingerprint density at radius 1 is 1.20 bits per heavy atom. The van der Waals surface area contributed by atoms with Gasteiger partial charge in [0.1, 0.15) is 5.82 Å². The summed E-state index contributed by atoms with van der Waals surface area (Å²) >= 11 is 0. The summed E-state index contributed by atoms with van der Waals surface area (Å²) in [7, 11) is 2.12. The van der Waals surface area contributed by atoms with Crippen LogP contribution in [0.2, 0.25) is 0 Å². The monoisotopic (exact) mass is 270 g/mol. The molecule has 1 heterocycles. The number of likely N-dealkylation sites (N-methyl/N-ethyl adjacent to an activating group) is 1. The normalized spacial score (nSPS) is 13.4. The predicted molar refractivity (Wildman–Crippen MR) is 81.9 cm³/mol. The van der Waals surface area contributed by atoms with Crippen LogP contribution in [-0.4, -0.2) is 13.6 Å². The van der Waals surface area contributed by atoms with Crippen LogP contribution in [-0.2, 0) is 13.0 Å². The van der Waals surface area contributed by atoms with Crippen molar-refractivity contribution in [3.05, 3.63) is 58.9 Å². The first-order chi connectivity index (χ1) is 9.63. The highest BCUT2D eigenvalue weighted by molar-refractivity contribution is 5.59. The molecule has 0 amide bonds. The third-order valence-electron chi connectivity index (χ3n) is 3.95. The Morgan fingerprint density at radius 3 is 2.90 bits per heavy atom. The highest BCUT2D eigenvalue weighted by Crippen LogP contribution is 2.27. The molecular weight excluding hydrogens is 251 g/mol. The van der Waals surface area contributed by atoms with Gasteiger partial charge >= 0.3 is 0 Å². The lowest BCUT2D eigenvalue weighted by molar-refractivity contribution is 0.628. The Morgan fingerprint density at radius 2 is 2.05 bits per heavy atom. The number of rotatable bonds is 3. The minimum absolute atomic E-state index is 0.200. The van der Waals surface area contributed by atoms with Crippen molar-refractivity contribution in [1.29, 1.82) is 0 Å². The van der Waals surface area contributed by atoms with Crippen LogP contribution in [0.1, 0.15) is 16.7 Å².